The van der Waals surface area contributed by atoms with Crippen LogP contribution in [0.4, 0.5) is 5.69 Å². The molecular weight excluding hydrogens is 574 g/mol. The number of para-hydroxylation sites is 1. The third-order valence-electron chi connectivity index (χ3n) is 8.31. The van der Waals surface area contributed by atoms with Gasteiger partial charge in [0.1, 0.15) is 56.8 Å². The van der Waals surface area contributed by atoms with Gasteiger partial charge in [-0.3, -0.25) is 9.59 Å². The summed E-state index contributed by atoms with van der Waals surface area (Å²) in [6.45, 7) is 0.191. The number of ether oxygens (including phenoxy) is 3. The fraction of sp³-hybridized carbons (Fsp3) is 0.114. The number of methoxy groups -OCH3 is 2. The maximum atomic E-state index is 14.7. The Balaban J connectivity index is 1.49. The van der Waals surface area contributed by atoms with E-state index in [-0.39, 0.29) is 46.0 Å². The average molecular weight is 600 g/mol. The van der Waals surface area contributed by atoms with E-state index in [1.807, 2.05) is 30.3 Å². The van der Waals surface area contributed by atoms with Crippen LogP contribution in [-0.2, 0) is 16.8 Å². The molecule has 1 spiro atoms. The standard InChI is InChI=1S/C35H25N3O7/c1-42-20-12-13-21(26(14-20)43-2)27-15-25(39)30-28(44-27)16-29-31(32(30)40)35(23(17-36)33(37)45-29)22-10-6-7-11-24(22)38(34(35)41)18-19-8-4-3-5-9-19/h3-16,40H,18,37H2,1-2H3. The minimum absolute atomic E-state index is 0.0187. The number of carbonyl (C=O) groups is 1. The molecule has 1 unspecified atom stereocenters. The first-order chi connectivity index (χ1) is 21.8. The van der Waals surface area contributed by atoms with Gasteiger partial charge in [-0.1, -0.05) is 48.5 Å². The van der Waals surface area contributed by atoms with Crippen LogP contribution in [0.25, 0.3) is 22.3 Å². The van der Waals surface area contributed by atoms with Gasteiger partial charge in [-0.05, 0) is 23.8 Å². The molecule has 5 aromatic rings. The lowest BCUT2D eigenvalue weighted by atomic mass is 9.68. The van der Waals surface area contributed by atoms with E-state index in [1.165, 1.54) is 26.4 Å². The number of anilines is 1. The van der Waals surface area contributed by atoms with Gasteiger partial charge in [0.2, 0.25) is 11.8 Å². The molecule has 222 valence electrons. The van der Waals surface area contributed by atoms with Gasteiger partial charge in [0.05, 0.1) is 31.9 Å². The highest BCUT2D eigenvalue weighted by Gasteiger charge is 2.60. The number of nitrogens with zero attached hydrogens (tertiary/aromatic N) is 2. The van der Waals surface area contributed by atoms with Crippen molar-refractivity contribution in [2.24, 2.45) is 5.73 Å². The number of phenolic OH excluding ortho intramolecular Hbond substituents is 1. The molecular formula is C35H25N3O7. The summed E-state index contributed by atoms with van der Waals surface area (Å²) in [7, 11) is 3.00. The first-order valence-electron chi connectivity index (χ1n) is 13.9. The molecule has 3 N–H and O–H groups in total. The van der Waals surface area contributed by atoms with Crippen LogP contribution in [0.2, 0.25) is 0 Å². The minimum atomic E-state index is -1.89. The predicted octanol–water partition coefficient (Wildman–Crippen LogP) is 5.10. The Labute approximate surface area is 256 Å². The smallest absolute Gasteiger partial charge is 0.248 e. The molecule has 2 aliphatic heterocycles. The van der Waals surface area contributed by atoms with E-state index in [2.05, 4.69) is 6.07 Å². The number of hydrogen-bond donors (Lipinski definition) is 2. The van der Waals surface area contributed by atoms with Crippen molar-refractivity contribution in [3.05, 3.63) is 123 Å². The second-order valence-corrected chi connectivity index (χ2v) is 10.6. The number of benzene rings is 4. The topological polar surface area (TPSA) is 148 Å². The molecule has 0 saturated carbocycles. The summed E-state index contributed by atoms with van der Waals surface area (Å²) in [5.74, 6) is -0.291. The van der Waals surface area contributed by atoms with E-state index in [1.54, 1.807) is 47.4 Å². The van der Waals surface area contributed by atoms with Gasteiger partial charge >= 0.3 is 0 Å². The minimum Gasteiger partial charge on any atom is -0.507 e. The Kier molecular flexibility index (Phi) is 6.26. The van der Waals surface area contributed by atoms with Crippen LogP contribution in [-0.4, -0.2) is 25.2 Å². The highest BCUT2D eigenvalue weighted by Crippen LogP contribution is 2.59. The number of nitrogens with two attached hydrogens (primary N) is 1. The van der Waals surface area contributed by atoms with Crippen LogP contribution >= 0.6 is 0 Å². The highest BCUT2D eigenvalue weighted by atomic mass is 16.5. The molecule has 10 nitrogen and oxygen atoms in total. The molecule has 10 heteroatoms. The van der Waals surface area contributed by atoms with Crippen LogP contribution in [0, 0.1) is 11.3 Å². The number of rotatable bonds is 5. The largest absolute Gasteiger partial charge is 0.507 e. The lowest BCUT2D eigenvalue weighted by molar-refractivity contribution is -0.121. The third kappa shape index (κ3) is 3.87. The summed E-state index contributed by atoms with van der Waals surface area (Å²) in [5, 5.41) is 22.2. The first kappa shape index (κ1) is 27.6. The summed E-state index contributed by atoms with van der Waals surface area (Å²) < 4.78 is 22.8. The monoisotopic (exact) mass is 599 g/mol. The number of carbonyl (C=O) groups excluding carboxylic acids is 1. The van der Waals surface area contributed by atoms with Gasteiger partial charge in [0.25, 0.3) is 0 Å². The maximum absolute atomic E-state index is 14.7. The van der Waals surface area contributed by atoms with Gasteiger partial charge in [0, 0.05) is 29.4 Å². The zero-order chi connectivity index (χ0) is 31.5. The lowest BCUT2D eigenvalue weighted by Crippen LogP contribution is -2.45. The number of phenols is 1. The van der Waals surface area contributed by atoms with Crippen molar-refractivity contribution in [2.45, 2.75) is 12.0 Å². The average Bonchev–Trinajstić information content (AvgIpc) is 3.28. The Morgan fingerprint density at radius 2 is 1.73 bits per heavy atom. The van der Waals surface area contributed by atoms with Crippen molar-refractivity contribution in [1.82, 2.24) is 0 Å². The van der Waals surface area contributed by atoms with Gasteiger partial charge in [-0.15, -0.1) is 0 Å². The van der Waals surface area contributed by atoms with Crippen molar-refractivity contribution in [3.63, 3.8) is 0 Å². The van der Waals surface area contributed by atoms with Crippen LogP contribution in [0.15, 0.2) is 106 Å². The van der Waals surface area contributed by atoms with Crippen molar-refractivity contribution in [2.75, 3.05) is 19.1 Å². The zero-order valence-corrected chi connectivity index (χ0v) is 24.2. The van der Waals surface area contributed by atoms with Crippen molar-refractivity contribution < 1.29 is 28.5 Å². The molecule has 7 rings (SSSR count). The predicted molar refractivity (Wildman–Crippen MR) is 165 cm³/mol. The van der Waals surface area contributed by atoms with Crippen LogP contribution in [0.1, 0.15) is 16.7 Å². The fourth-order valence-corrected chi connectivity index (χ4v) is 6.33. The second-order valence-electron chi connectivity index (χ2n) is 10.6. The van der Waals surface area contributed by atoms with Crippen LogP contribution < -0.4 is 30.3 Å². The van der Waals surface area contributed by atoms with E-state index in [9.17, 15) is 20.0 Å². The number of hydrogen-bond acceptors (Lipinski definition) is 9. The SMILES string of the molecule is COc1ccc(-c2cc(=O)c3c(O)c4c(cc3o2)OC(N)=C(C#N)C42C(=O)N(Cc3ccccc3)c3ccccc32)c(OC)c1. The third-order valence-corrected chi connectivity index (χ3v) is 8.31. The normalized spacial score (nSPS) is 16.7. The van der Waals surface area contributed by atoms with E-state index in [0.717, 1.165) is 5.56 Å². The van der Waals surface area contributed by atoms with Crippen molar-refractivity contribution in [3.8, 4) is 40.4 Å². The van der Waals surface area contributed by atoms with Crippen LogP contribution in [0.3, 0.4) is 0 Å². The molecule has 1 amide bonds. The Morgan fingerprint density at radius 3 is 2.47 bits per heavy atom. The molecule has 0 radical (unpaired) electrons. The highest BCUT2D eigenvalue weighted by molar-refractivity contribution is 6.15. The molecule has 4 aromatic carbocycles. The summed E-state index contributed by atoms with van der Waals surface area (Å²) in [6.07, 6.45) is 0. The van der Waals surface area contributed by atoms with E-state index in [4.69, 9.17) is 24.4 Å². The van der Waals surface area contributed by atoms with Gasteiger partial charge in [-0.2, -0.15) is 5.26 Å². The molecule has 0 aliphatic carbocycles. The molecule has 2 aliphatic rings. The van der Waals surface area contributed by atoms with E-state index in [0.29, 0.717) is 28.3 Å². The molecule has 0 saturated heterocycles. The first-order valence-corrected chi connectivity index (χ1v) is 13.9. The van der Waals surface area contributed by atoms with Gasteiger partial charge in [-0.25, -0.2) is 0 Å². The van der Waals surface area contributed by atoms with Crippen molar-refractivity contribution >= 4 is 22.6 Å². The van der Waals surface area contributed by atoms with Crippen molar-refractivity contribution in [1.29, 1.82) is 5.26 Å². The summed E-state index contributed by atoms with van der Waals surface area (Å²) >= 11 is 0. The Bertz CT molecular complexity index is 2180. The number of amides is 1. The zero-order valence-electron chi connectivity index (χ0n) is 24.2. The quantitative estimate of drug-likeness (QED) is 0.281. The molecule has 45 heavy (non-hydrogen) atoms. The van der Waals surface area contributed by atoms with E-state index >= 15 is 0 Å². The van der Waals surface area contributed by atoms with Gasteiger partial charge in [0.15, 0.2) is 5.43 Å². The van der Waals surface area contributed by atoms with E-state index < -0.39 is 22.5 Å². The molecule has 1 atom stereocenters. The summed E-state index contributed by atoms with van der Waals surface area (Å²) in [5.41, 5.74) is 5.89. The second kappa shape index (κ2) is 10.2. The molecule has 0 fully saturated rings. The molecule has 1 aromatic heterocycles. The maximum Gasteiger partial charge on any atom is 0.248 e. The number of aromatic hydroxyl groups is 1. The summed E-state index contributed by atoms with van der Waals surface area (Å²) in [4.78, 5) is 30.0. The Morgan fingerprint density at radius 1 is 0.978 bits per heavy atom. The Hall–Kier alpha value is -6.21. The fourth-order valence-electron chi connectivity index (χ4n) is 6.33. The number of nitriles is 1. The van der Waals surface area contributed by atoms with Crippen LogP contribution in [0.5, 0.6) is 23.0 Å². The molecule has 3 heterocycles. The summed E-state index contributed by atoms with van der Waals surface area (Å²) in [6, 6.07) is 26.1. The molecule has 0 bridgehead atoms. The number of fused-ring (bicyclic) bond motifs is 5. The van der Waals surface area contributed by atoms with Gasteiger partial charge < -0.3 is 34.4 Å². The lowest BCUT2D eigenvalue weighted by Gasteiger charge is -2.35.